The van der Waals surface area contributed by atoms with Crippen molar-refractivity contribution in [3.05, 3.63) is 0 Å². The molecule has 2 unspecified atom stereocenters. The van der Waals surface area contributed by atoms with Gasteiger partial charge in [-0.05, 0) is 6.92 Å². The average molecular weight is 260 g/mol. The van der Waals surface area contributed by atoms with Crippen LogP contribution in [0.5, 0.6) is 0 Å². The normalized spacial score (nSPS) is 13.1. The minimum atomic E-state index is -1.37. The van der Waals surface area contributed by atoms with Crippen molar-refractivity contribution in [2.24, 2.45) is 11.8 Å². The van der Waals surface area contributed by atoms with Crippen LogP contribution in [0.3, 0.4) is 0 Å². The Morgan fingerprint density at radius 1 is 0.889 bits per heavy atom. The van der Waals surface area contributed by atoms with Crippen LogP contribution in [0, 0.1) is 11.8 Å². The van der Waals surface area contributed by atoms with Gasteiger partial charge in [-0.15, -0.1) is 0 Å². The third-order valence-electron chi connectivity index (χ3n) is 2.41. The van der Waals surface area contributed by atoms with E-state index < -0.39 is 41.9 Å². The molecule has 2 atom stereocenters. The molecule has 0 rings (SSSR count). The van der Waals surface area contributed by atoms with Crippen LogP contribution in [0.1, 0.15) is 13.3 Å². The van der Waals surface area contributed by atoms with Gasteiger partial charge in [0.25, 0.3) is 0 Å². The van der Waals surface area contributed by atoms with Crippen LogP contribution in [0.4, 0.5) is 0 Å². The Balaban J connectivity index is 5.23. The van der Waals surface area contributed by atoms with Crippen molar-refractivity contribution in [1.29, 1.82) is 0 Å². The second-order valence-electron chi connectivity index (χ2n) is 3.52. The number of hydrogen-bond donors (Lipinski definition) is 0. The van der Waals surface area contributed by atoms with Crippen molar-refractivity contribution in [1.82, 2.24) is 0 Å². The highest BCUT2D eigenvalue weighted by Gasteiger charge is 2.40. The van der Waals surface area contributed by atoms with E-state index in [1.165, 1.54) is 0 Å². The Morgan fingerprint density at radius 2 is 1.39 bits per heavy atom. The van der Waals surface area contributed by atoms with E-state index in [2.05, 4.69) is 14.2 Å². The second-order valence-corrected chi connectivity index (χ2v) is 3.52. The number of esters is 3. The molecule has 0 aliphatic rings. The third kappa shape index (κ3) is 4.15. The van der Waals surface area contributed by atoms with E-state index in [1.807, 2.05) is 0 Å². The van der Waals surface area contributed by atoms with Gasteiger partial charge in [-0.2, -0.15) is 0 Å². The Hall–Kier alpha value is -1.92. The van der Waals surface area contributed by atoms with Gasteiger partial charge in [0.15, 0.2) is 0 Å². The largest absolute Gasteiger partial charge is 0.469 e. The molecule has 0 fully saturated rings. The minimum absolute atomic E-state index is 0.428. The van der Waals surface area contributed by atoms with E-state index in [0.717, 1.165) is 28.3 Å². The smallest absolute Gasteiger partial charge is 0.317 e. The van der Waals surface area contributed by atoms with Gasteiger partial charge >= 0.3 is 17.9 Å². The molecule has 0 aliphatic carbocycles. The minimum Gasteiger partial charge on any atom is -0.469 e. The summed E-state index contributed by atoms with van der Waals surface area (Å²) in [5, 5.41) is 0. The van der Waals surface area contributed by atoms with E-state index in [0.29, 0.717) is 0 Å². The Kier molecular flexibility index (Phi) is 6.62. The van der Waals surface area contributed by atoms with Crippen LogP contribution < -0.4 is 0 Å². The Morgan fingerprint density at radius 3 is 1.72 bits per heavy atom. The molecule has 0 aromatic carbocycles. The number of carbonyl (C=O) groups excluding carboxylic acids is 4. The standard InChI is InChI=1S/C11H16O7/c1-6(12)9(11(15)18-4)7(10(14)17-3)5-8(13)16-2/h7,9H,5H2,1-4H3. The quantitative estimate of drug-likeness (QED) is 0.368. The summed E-state index contributed by atoms with van der Waals surface area (Å²) in [5.41, 5.74) is 0. The van der Waals surface area contributed by atoms with Crippen LogP contribution in [-0.2, 0) is 33.4 Å². The van der Waals surface area contributed by atoms with Crippen LogP contribution in [0.2, 0.25) is 0 Å². The van der Waals surface area contributed by atoms with E-state index >= 15 is 0 Å². The lowest BCUT2D eigenvalue weighted by molar-refractivity contribution is -0.163. The maximum absolute atomic E-state index is 11.5. The zero-order valence-corrected chi connectivity index (χ0v) is 10.7. The molecule has 7 nitrogen and oxygen atoms in total. The summed E-state index contributed by atoms with van der Waals surface area (Å²) < 4.78 is 13.3. The van der Waals surface area contributed by atoms with Crippen molar-refractivity contribution in [3.8, 4) is 0 Å². The van der Waals surface area contributed by atoms with Gasteiger partial charge in [0, 0.05) is 0 Å². The summed E-state index contributed by atoms with van der Waals surface area (Å²) in [4.78, 5) is 45.6. The van der Waals surface area contributed by atoms with Crippen LogP contribution in [0.15, 0.2) is 0 Å². The lowest BCUT2D eigenvalue weighted by atomic mass is 9.86. The number of hydrogen-bond acceptors (Lipinski definition) is 7. The van der Waals surface area contributed by atoms with E-state index in [1.54, 1.807) is 0 Å². The molecule has 0 amide bonds. The summed E-state index contributed by atoms with van der Waals surface area (Å²) >= 11 is 0. The predicted octanol–water partition coefficient (Wildman–Crippen LogP) is -0.283. The predicted molar refractivity (Wildman–Crippen MR) is 58.3 cm³/mol. The zero-order valence-electron chi connectivity index (χ0n) is 10.7. The van der Waals surface area contributed by atoms with Gasteiger partial charge in [0.2, 0.25) is 0 Å². The Labute approximate surface area is 104 Å². The summed E-state index contributed by atoms with van der Waals surface area (Å²) in [6, 6.07) is 0. The molecule has 0 bridgehead atoms. The first kappa shape index (κ1) is 16.1. The molecule has 0 heterocycles. The molecule has 0 radical (unpaired) electrons. The lowest BCUT2D eigenvalue weighted by Gasteiger charge is -2.19. The van der Waals surface area contributed by atoms with Crippen molar-refractivity contribution in [2.45, 2.75) is 13.3 Å². The number of Topliss-reactive ketones (excluding diaryl/α,β-unsaturated/α-hetero) is 1. The maximum atomic E-state index is 11.5. The van der Waals surface area contributed by atoms with Gasteiger partial charge in [-0.3, -0.25) is 19.2 Å². The zero-order chi connectivity index (χ0) is 14.3. The van der Waals surface area contributed by atoms with Gasteiger partial charge in [0.1, 0.15) is 11.7 Å². The summed E-state index contributed by atoms with van der Waals surface area (Å²) in [5.74, 6) is -5.65. The number of ether oxygens (including phenoxy) is 3. The summed E-state index contributed by atoms with van der Waals surface area (Å²) in [7, 11) is 3.32. The number of rotatable bonds is 6. The molecule has 0 saturated heterocycles. The Bertz CT molecular complexity index is 347. The van der Waals surface area contributed by atoms with E-state index in [9.17, 15) is 19.2 Å². The number of carbonyl (C=O) groups is 4. The third-order valence-corrected chi connectivity index (χ3v) is 2.41. The van der Waals surface area contributed by atoms with Crippen LogP contribution in [0.25, 0.3) is 0 Å². The van der Waals surface area contributed by atoms with E-state index in [4.69, 9.17) is 0 Å². The van der Waals surface area contributed by atoms with Gasteiger partial charge in [0.05, 0.1) is 33.7 Å². The molecular weight excluding hydrogens is 244 g/mol. The molecular formula is C11H16O7. The fourth-order valence-corrected chi connectivity index (χ4v) is 1.49. The van der Waals surface area contributed by atoms with Crippen molar-refractivity contribution in [2.75, 3.05) is 21.3 Å². The molecule has 102 valence electrons. The molecule has 0 aromatic heterocycles. The molecule has 0 aliphatic heterocycles. The lowest BCUT2D eigenvalue weighted by Crippen LogP contribution is -2.37. The molecule has 0 aromatic rings. The monoisotopic (exact) mass is 260 g/mol. The maximum Gasteiger partial charge on any atom is 0.317 e. The summed E-state index contributed by atoms with van der Waals surface area (Å²) in [6.45, 7) is 1.13. The van der Waals surface area contributed by atoms with Crippen molar-refractivity contribution >= 4 is 23.7 Å². The highest BCUT2D eigenvalue weighted by molar-refractivity contribution is 6.02. The van der Waals surface area contributed by atoms with E-state index in [-0.39, 0.29) is 0 Å². The SMILES string of the molecule is COC(=O)CC(C(=O)OC)C(C(C)=O)C(=O)OC. The highest BCUT2D eigenvalue weighted by atomic mass is 16.5. The second kappa shape index (κ2) is 7.41. The van der Waals surface area contributed by atoms with Gasteiger partial charge in [-0.1, -0.05) is 0 Å². The first-order valence-electron chi connectivity index (χ1n) is 5.11. The van der Waals surface area contributed by atoms with Crippen molar-refractivity contribution < 1.29 is 33.4 Å². The van der Waals surface area contributed by atoms with Crippen LogP contribution in [-0.4, -0.2) is 45.0 Å². The first-order valence-corrected chi connectivity index (χ1v) is 5.11. The van der Waals surface area contributed by atoms with Gasteiger partial charge < -0.3 is 14.2 Å². The first-order chi connectivity index (χ1) is 8.38. The average Bonchev–Trinajstić information content (AvgIpc) is 2.35. The molecule has 18 heavy (non-hydrogen) atoms. The van der Waals surface area contributed by atoms with Crippen LogP contribution >= 0.6 is 0 Å². The molecule has 7 heteroatoms. The molecule has 0 N–H and O–H groups in total. The number of methoxy groups -OCH3 is 3. The highest BCUT2D eigenvalue weighted by Crippen LogP contribution is 2.21. The summed E-state index contributed by atoms with van der Waals surface area (Å²) in [6.07, 6.45) is -0.428. The number of ketones is 1. The fraction of sp³-hybridized carbons (Fsp3) is 0.636. The van der Waals surface area contributed by atoms with Crippen molar-refractivity contribution in [3.63, 3.8) is 0 Å². The molecule has 0 saturated carbocycles. The fourth-order valence-electron chi connectivity index (χ4n) is 1.49. The van der Waals surface area contributed by atoms with Gasteiger partial charge in [-0.25, -0.2) is 0 Å². The molecule has 0 spiro atoms. The topological polar surface area (TPSA) is 96.0 Å².